The highest BCUT2D eigenvalue weighted by molar-refractivity contribution is 6.31. The molecule has 0 unspecified atom stereocenters. The largest absolute Gasteiger partial charge is 0.870 e. The maximum Gasteiger partial charge on any atom is 0.348 e. The SMILES string of the molecule is CCOC(=O)C(C=[NH+]c1cc(NCc2ccc(OC)cc2OC)c(F)cc1CO)=C(O)c1c(F)c(Cl)c(F)c(F)c1N=O.[OH-]. The van der Waals surface area contributed by atoms with Gasteiger partial charge in [-0.2, -0.15) is 0 Å². The van der Waals surface area contributed by atoms with Gasteiger partial charge >= 0.3 is 5.97 Å². The average molecular weight is 644 g/mol. The summed E-state index contributed by atoms with van der Waals surface area (Å²) in [6, 6.07) is 7.22. The van der Waals surface area contributed by atoms with Gasteiger partial charge in [-0.3, -0.25) is 0 Å². The maximum absolute atomic E-state index is 14.9. The second-order valence-corrected chi connectivity index (χ2v) is 8.90. The van der Waals surface area contributed by atoms with Crippen molar-refractivity contribution in [3.63, 3.8) is 0 Å². The van der Waals surface area contributed by atoms with Crippen LogP contribution < -0.4 is 19.8 Å². The third-order valence-corrected chi connectivity index (χ3v) is 6.35. The molecule has 44 heavy (non-hydrogen) atoms. The van der Waals surface area contributed by atoms with E-state index in [1.165, 1.54) is 27.2 Å². The summed E-state index contributed by atoms with van der Waals surface area (Å²) in [5.74, 6) is -8.11. The van der Waals surface area contributed by atoms with Gasteiger partial charge in [0.1, 0.15) is 28.1 Å². The number of nitrogens with zero attached hydrogens (tertiary/aromatic N) is 1. The number of aliphatic hydroxyl groups excluding tert-OH is 2. The Morgan fingerprint density at radius 2 is 1.77 bits per heavy atom. The van der Waals surface area contributed by atoms with Gasteiger partial charge in [0.05, 0.1) is 44.2 Å². The topological polar surface area (TPSA) is 171 Å². The van der Waals surface area contributed by atoms with Crippen LogP contribution >= 0.6 is 11.6 Å². The Hall–Kier alpha value is -4.73. The quantitative estimate of drug-likeness (QED) is 0.0323. The summed E-state index contributed by atoms with van der Waals surface area (Å²) in [6.07, 6.45) is 0.763. The summed E-state index contributed by atoms with van der Waals surface area (Å²) in [7, 11) is 2.94. The number of hydrogen-bond donors (Lipinski definition) is 4. The van der Waals surface area contributed by atoms with Gasteiger partial charge in [-0.15, -0.1) is 4.91 Å². The molecule has 0 fully saturated rings. The van der Waals surface area contributed by atoms with Crippen LogP contribution in [-0.4, -0.2) is 48.7 Å². The van der Waals surface area contributed by atoms with Crippen molar-refractivity contribution in [2.75, 3.05) is 26.1 Å². The van der Waals surface area contributed by atoms with Gasteiger partial charge in [0, 0.05) is 24.2 Å². The van der Waals surface area contributed by atoms with Gasteiger partial charge in [0.2, 0.25) is 5.69 Å². The fraction of sp³-hybridized carbons (Fsp3) is 0.214. The minimum Gasteiger partial charge on any atom is -0.870 e. The van der Waals surface area contributed by atoms with E-state index in [1.807, 2.05) is 0 Å². The molecule has 11 nitrogen and oxygen atoms in total. The third kappa shape index (κ3) is 7.42. The number of benzene rings is 3. The number of esters is 1. The standard InChI is InChI=1S/C28H24ClF4N3O7.H2O/c1-4-43-28(39)16(27(38)21-23(31)22(29)24(32)25(33)26(21)36-40)11-35-18-9-19(17(30)7-14(18)12-37)34-10-13-5-6-15(41-2)8-20(13)42-3;/h5-9,11,34,37-38H,4,10,12H2,1-3H3;1H2. The van der Waals surface area contributed by atoms with E-state index in [0.29, 0.717) is 17.1 Å². The number of ether oxygens (including phenoxy) is 3. The van der Waals surface area contributed by atoms with E-state index in [9.17, 15) is 37.5 Å². The highest BCUT2D eigenvalue weighted by Gasteiger charge is 2.31. The van der Waals surface area contributed by atoms with Gasteiger partial charge in [0.15, 0.2) is 34.9 Å². The number of carbonyl (C=O) groups is 1. The molecule has 0 aliphatic carbocycles. The van der Waals surface area contributed by atoms with Crippen LogP contribution in [0, 0.1) is 28.2 Å². The predicted molar refractivity (Wildman–Crippen MR) is 151 cm³/mol. The Kier molecular flexibility index (Phi) is 12.6. The van der Waals surface area contributed by atoms with Gasteiger partial charge in [-0.25, -0.2) is 27.3 Å². The van der Waals surface area contributed by atoms with Crippen LogP contribution in [0.4, 0.5) is 34.6 Å². The van der Waals surface area contributed by atoms with E-state index in [2.05, 4.69) is 15.5 Å². The Morgan fingerprint density at radius 3 is 2.36 bits per heavy atom. The molecule has 0 aromatic heterocycles. The van der Waals surface area contributed by atoms with Crippen molar-refractivity contribution in [3.8, 4) is 11.5 Å². The molecule has 0 saturated heterocycles. The second kappa shape index (κ2) is 15.7. The number of carbonyl (C=O) groups excluding carboxylic acids is 1. The van der Waals surface area contributed by atoms with E-state index in [1.54, 1.807) is 18.2 Å². The van der Waals surface area contributed by atoms with E-state index in [0.717, 1.165) is 12.3 Å². The smallest absolute Gasteiger partial charge is 0.348 e. The molecule has 3 rings (SSSR count). The van der Waals surface area contributed by atoms with Crippen molar-refractivity contribution in [1.82, 2.24) is 0 Å². The number of anilines is 1. The fourth-order valence-electron chi connectivity index (χ4n) is 3.84. The number of aliphatic hydroxyl groups is 2. The van der Waals surface area contributed by atoms with Gasteiger partial charge in [-0.1, -0.05) is 11.6 Å². The van der Waals surface area contributed by atoms with Gasteiger partial charge in [0.25, 0.3) is 0 Å². The van der Waals surface area contributed by atoms with Crippen molar-refractivity contribution >= 4 is 46.6 Å². The first-order valence-electron chi connectivity index (χ1n) is 12.3. The number of hydrogen-bond acceptors (Lipinski definition) is 10. The number of halogens is 5. The van der Waals surface area contributed by atoms with Crippen molar-refractivity contribution in [2.45, 2.75) is 20.1 Å². The molecule has 0 radical (unpaired) electrons. The molecular formula is C28H26ClF4N3O8. The number of rotatable bonds is 12. The van der Waals surface area contributed by atoms with Crippen LogP contribution in [0.25, 0.3) is 5.76 Å². The first-order valence-corrected chi connectivity index (χ1v) is 12.7. The minimum absolute atomic E-state index is 0. The average Bonchev–Trinajstić information content (AvgIpc) is 3.01. The van der Waals surface area contributed by atoms with E-state index in [-0.39, 0.29) is 35.6 Å². The summed E-state index contributed by atoms with van der Waals surface area (Å²) in [5.41, 5.74) is -3.12. The number of methoxy groups -OCH3 is 2. The monoisotopic (exact) mass is 643 g/mol. The first-order chi connectivity index (χ1) is 20.5. The normalized spacial score (nSPS) is 11.5. The molecule has 5 N–H and O–H groups in total. The Bertz CT molecular complexity index is 1620. The van der Waals surface area contributed by atoms with Crippen molar-refractivity contribution in [1.29, 1.82) is 0 Å². The Morgan fingerprint density at radius 1 is 1.07 bits per heavy atom. The van der Waals surface area contributed by atoms with Gasteiger partial charge < -0.3 is 35.2 Å². The number of nitrogens with one attached hydrogen (secondary N) is 2. The molecule has 0 amide bonds. The molecular weight excluding hydrogens is 618 g/mol. The Balaban J connectivity index is 0.00000675. The minimum atomic E-state index is -1.97. The zero-order valence-electron chi connectivity index (χ0n) is 23.3. The summed E-state index contributed by atoms with van der Waals surface area (Å²) in [4.78, 5) is 26.5. The lowest BCUT2D eigenvalue weighted by molar-refractivity contribution is -0.348. The van der Waals surface area contributed by atoms with Crippen molar-refractivity contribution < 1.29 is 57.2 Å². The first kappa shape index (κ1) is 35.5. The van der Waals surface area contributed by atoms with Crippen molar-refractivity contribution in [3.05, 3.63) is 85.8 Å². The van der Waals surface area contributed by atoms with Crippen LogP contribution in [0.15, 0.2) is 41.1 Å². The third-order valence-electron chi connectivity index (χ3n) is 6.02. The predicted octanol–water partition coefficient (Wildman–Crippen LogP) is 4.55. The van der Waals surface area contributed by atoms with Crippen LogP contribution in [0.2, 0.25) is 5.02 Å². The highest BCUT2D eigenvalue weighted by Crippen LogP contribution is 2.38. The molecule has 0 heterocycles. The zero-order chi connectivity index (χ0) is 31.8. The molecule has 3 aromatic carbocycles. The molecule has 0 aliphatic rings. The molecule has 0 aliphatic heterocycles. The zero-order valence-corrected chi connectivity index (χ0v) is 24.1. The summed E-state index contributed by atoms with van der Waals surface area (Å²) < 4.78 is 73.3. The lowest BCUT2D eigenvalue weighted by Crippen LogP contribution is -2.63. The second-order valence-electron chi connectivity index (χ2n) is 8.52. The van der Waals surface area contributed by atoms with Crippen LogP contribution in [0.3, 0.4) is 0 Å². The van der Waals surface area contributed by atoms with Crippen LogP contribution in [0.1, 0.15) is 23.6 Å². The van der Waals surface area contributed by atoms with E-state index in [4.69, 9.17) is 25.8 Å². The molecule has 0 bridgehead atoms. The summed E-state index contributed by atoms with van der Waals surface area (Å²) >= 11 is 5.47. The molecule has 3 aromatic rings. The molecule has 0 atom stereocenters. The fourth-order valence-corrected chi connectivity index (χ4v) is 4.02. The van der Waals surface area contributed by atoms with E-state index >= 15 is 0 Å². The summed E-state index contributed by atoms with van der Waals surface area (Å²) in [6.45, 7) is 0.576. The van der Waals surface area contributed by atoms with Crippen molar-refractivity contribution in [2.24, 2.45) is 5.18 Å². The molecule has 0 spiro atoms. The molecule has 236 valence electrons. The van der Waals surface area contributed by atoms with Crippen LogP contribution in [-0.2, 0) is 22.7 Å². The molecule has 16 heteroatoms. The lowest BCUT2D eigenvalue weighted by atomic mass is 10.0. The van der Waals surface area contributed by atoms with E-state index < -0.39 is 63.5 Å². The van der Waals surface area contributed by atoms with Crippen LogP contribution in [0.5, 0.6) is 11.5 Å². The number of nitroso groups, excluding NO2 is 1. The lowest BCUT2D eigenvalue weighted by Gasteiger charge is -2.13. The molecule has 0 saturated carbocycles. The highest BCUT2D eigenvalue weighted by atomic mass is 35.5. The summed E-state index contributed by atoms with van der Waals surface area (Å²) in [5, 5.41) is 24.3. The maximum atomic E-state index is 14.9. The Labute approximate surface area is 252 Å². The van der Waals surface area contributed by atoms with Gasteiger partial charge in [-0.05, 0) is 30.3 Å².